The van der Waals surface area contributed by atoms with Crippen molar-refractivity contribution in [1.29, 1.82) is 5.26 Å². The molecule has 0 spiro atoms. The summed E-state index contributed by atoms with van der Waals surface area (Å²) < 4.78 is 1.77. The molecule has 0 fully saturated rings. The van der Waals surface area contributed by atoms with E-state index in [9.17, 15) is 4.79 Å². The van der Waals surface area contributed by atoms with Crippen LogP contribution in [-0.2, 0) is 4.79 Å². The molecule has 2 N–H and O–H groups in total. The molecule has 0 aliphatic carbocycles. The van der Waals surface area contributed by atoms with Gasteiger partial charge in [-0.25, -0.2) is 4.98 Å². The van der Waals surface area contributed by atoms with Gasteiger partial charge in [0.25, 0.3) is 5.78 Å². The Morgan fingerprint density at radius 3 is 2.81 bits per heavy atom. The minimum atomic E-state index is -0.322. The zero-order chi connectivity index (χ0) is 15.6. The Bertz CT molecular complexity index is 782. The molecule has 0 saturated heterocycles. The number of rotatable bonds is 4. The normalized spacial score (nSPS) is 12.1. The summed E-state index contributed by atoms with van der Waals surface area (Å²) >= 11 is 1.20. The van der Waals surface area contributed by atoms with Gasteiger partial charge >= 0.3 is 0 Å². The minimum absolute atomic E-state index is 0.0120. The van der Waals surface area contributed by atoms with Gasteiger partial charge < -0.3 is 5.73 Å². The largest absolute Gasteiger partial charge is 0.401 e. The third kappa shape index (κ3) is 3.03. The number of carbonyl (C=O) groups excluding carboxylic acids is 1. The van der Waals surface area contributed by atoms with Crippen LogP contribution in [0.2, 0.25) is 0 Å². The highest BCUT2D eigenvalue weighted by atomic mass is 32.2. The fourth-order valence-corrected chi connectivity index (χ4v) is 2.72. The van der Waals surface area contributed by atoms with Crippen LogP contribution < -0.4 is 5.73 Å². The molecule has 0 amide bonds. The summed E-state index contributed by atoms with van der Waals surface area (Å²) in [6, 6.07) is 3.73. The Balaban J connectivity index is 2.25. The summed E-state index contributed by atoms with van der Waals surface area (Å²) in [5, 5.41) is 17.5. The predicted molar refractivity (Wildman–Crippen MR) is 78.5 cm³/mol. The van der Waals surface area contributed by atoms with E-state index in [1.165, 1.54) is 18.7 Å². The fourth-order valence-electron chi connectivity index (χ4n) is 1.87. The lowest BCUT2D eigenvalue weighted by molar-refractivity contribution is -0.112. The number of nitrogens with two attached hydrogens (primary N) is 1. The van der Waals surface area contributed by atoms with E-state index in [0.29, 0.717) is 10.9 Å². The molecule has 0 bridgehead atoms. The molecular formula is C13H14N6OS. The molecule has 0 radical (unpaired) electrons. The molecule has 2 aromatic heterocycles. The number of fused-ring (bicyclic) bond motifs is 1. The van der Waals surface area contributed by atoms with Crippen LogP contribution in [0.1, 0.15) is 18.3 Å². The van der Waals surface area contributed by atoms with Crippen molar-refractivity contribution in [1.82, 2.24) is 19.6 Å². The Morgan fingerprint density at radius 1 is 1.48 bits per heavy atom. The zero-order valence-corrected chi connectivity index (χ0v) is 12.7. The summed E-state index contributed by atoms with van der Waals surface area (Å²) in [7, 11) is 0. The maximum atomic E-state index is 11.9. The summed E-state index contributed by atoms with van der Waals surface area (Å²) in [5.74, 6) is 0.247. The molecule has 0 aliphatic heterocycles. The number of aromatic nitrogens is 4. The topological polar surface area (TPSA) is 110 Å². The minimum Gasteiger partial charge on any atom is -0.401 e. The third-order valence-electron chi connectivity index (χ3n) is 2.78. The van der Waals surface area contributed by atoms with Gasteiger partial charge in [0.2, 0.25) is 0 Å². The molecule has 0 atom stereocenters. The molecular weight excluding hydrogens is 288 g/mol. The average molecular weight is 302 g/mol. The van der Waals surface area contributed by atoms with E-state index in [4.69, 9.17) is 11.0 Å². The molecule has 2 heterocycles. The van der Waals surface area contributed by atoms with Gasteiger partial charge in [-0.2, -0.15) is 5.26 Å². The zero-order valence-electron chi connectivity index (χ0n) is 11.9. The monoisotopic (exact) mass is 302 g/mol. The highest BCUT2D eigenvalue weighted by molar-refractivity contribution is 7.99. The van der Waals surface area contributed by atoms with Crippen LogP contribution in [0.25, 0.3) is 5.78 Å². The quantitative estimate of drug-likeness (QED) is 0.512. The van der Waals surface area contributed by atoms with Crippen LogP contribution in [-0.4, -0.2) is 31.1 Å². The lowest BCUT2D eigenvalue weighted by Crippen LogP contribution is -2.10. The van der Waals surface area contributed by atoms with E-state index >= 15 is 0 Å². The van der Waals surface area contributed by atoms with Crippen molar-refractivity contribution in [3.8, 4) is 6.07 Å². The standard InChI is InChI=1S/C13H14N6OS/c1-7-4-8(2)19-12(16-7)17-18-13(19)21-6-11(20)10(5-14)9(3)15/h4H,6,15H2,1-3H3. The van der Waals surface area contributed by atoms with E-state index < -0.39 is 0 Å². The molecule has 2 rings (SSSR count). The number of nitrogens with zero attached hydrogens (tertiary/aromatic N) is 5. The number of aryl methyl sites for hydroxylation is 2. The van der Waals surface area contributed by atoms with Crippen molar-refractivity contribution >= 4 is 23.3 Å². The molecule has 0 unspecified atom stereocenters. The maximum absolute atomic E-state index is 11.9. The van der Waals surface area contributed by atoms with Gasteiger partial charge in [0.1, 0.15) is 11.6 Å². The second-order valence-corrected chi connectivity index (χ2v) is 5.48. The van der Waals surface area contributed by atoms with Crippen LogP contribution >= 0.6 is 11.8 Å². The van der Waals surface area contributed by atoms with Gasteiger partial charge in [0, 0.05) is 17.1 Å². The van der Waals surface area contributed by atoms with Crippen LogP contribution in [0.4, 0.5) is 0 Å². The van der Waals surface area contributed by atoms with Gasteiger partial charge in [-0.05, 0) is 26.8 Å². The van der Waals surface area contributed by atoms with Gasteiger partial charge in [-0.1, -0.05) is 11.8 Å². The first-order valence-electron chi connectivity index (χ1n) is 6.16. The third-order valence-corrected chi connectivity index (χ3v) is 3.71. The van der Waals surface area contributed by atoms with Crippen molar-refractivity contribution in [2.45, 2.75) is 25.9 Å². The molecule has 8 heteroatoms. The summed E-state index contributed by atoms with van der Waals surface area (Å²) in [6.45, 7) is 5.33. The highest BCUT2D eigenvalue weighted by Crippen LogP contribution is 2.19. The Labute approximate surface area is 125 Å². The van der Waals surface area contributed by atoms with E-state index in [1.54, 1.807) is 4.40 Å². The van der Waals surface area contributed by atoms with Crippen LogP contribution in [0, 0.1) is 25.2 Å². The first kappa shape index (κ1) is 15.0. The first-order chi connectivity index (χ1) is 9.93. The fraction of sp³-hybridized carbons (Fsp3) is 0.308. The van der Waals surface area contributed by atoms with Gasteiger partial charge in [-0.15, -0.1) is 10.2 Å². The number of hydrogen-bond acceptors (Lipinski definition) is 7. The number of hydrogen-bond donors (Lipinski definition) is 1. The number of allylic oxidation sites excluding steroid dienone is 2. The number of thioether (sulfide) groups is 1. The van der Waals surface area contributed by atoms with E-state index in [1.807, 2.05) is 26.0 Å². The van der Waals surface area contributed by atoms with Gasteiger partial charge in [0.05, 0.1) is 5.75 Å². The van der Waals surface area contributed by atoms with Crippen molar-refractivity contribution in [2.24, 2.45) is 5.73 Å². The number of carbonyl (C=O) groups is 1. The molecule has 0 aromatic carbocycles. The SMILES string of the molecule is CC(N)=C(C#N)C(=O)CSc1nnc2nc(C)cc(C)n12. The Morgan fingerprint density at radius 2 is 2.19 bits per heavy atom. The Kier molecular flexibility index (Phi) is 4.23. The number of ketones is 1. The summed E-state index contributed by atoms with van der Waals surface area (Å²) in [5.41, 5.74) is 7.51. The van der Waals surface area contributed by atoms with Crippen molar-refractivity contribution in [2.75, 3.05) is 5.75 Å². The van der Waals surface area contributed by atoms with E-state index in [0.717, 1.165) is 11.4 Å². The molecule has 21 heavy (non-hydrogen) atoms. The predicted octanol–water partition coefficient (Wildman–Crippen LogP) is 1.16. The van der Waals surface area contributed by atoms with Crippen molar-refractivity contribution in [3.05, 3.63) is 28.7 Å². The van der Waals surface area contributed by atoms with Crippen LogP contribution in [0.15, 0.2) is 22.5 Å². The molecule has 2 aromatic rings. The molecule has 108 valence electrons. The average Bonchev–Trinajstić information content (AvgIpc) is 2.79. The Hall–Kier alpha value is -2.40. The molecule has 7 nitrogen and oxygen atoms in total. The smallest absolute Gasteiger partial charge is 0.256 e. The van der Waals surface area contributed by atoms with Crippen LogP contribution in [0.5, 0.6) is 0 Å². The second kappa shape index (κ2) is 5.93. The summed E-state index contributed by atoms with van der Waals surface area (Å²) in [6.07, 6.45) is 0. The van der Waals surface area contributed by atoms with E-state index in [2.05, 4.69) is 15.2 Å². The number of nitriles is 1. The first-order valence-corrected chi connectivity index (χ1v) is 7.14. The molecule has 0 aliphatic rings. The van der Waals surface area contributed by atoms with Crippen molar-refractivity contribution in [3.63, 3.8) is 0 Å². The number of Topliss-reactive ketones (excluding diaryl/α,β-unsaturated/α-hetero) is 1. The van der Waals surface area contributed by atoms with Gasteiger partial charge in [0.15, 0.2) is 10.9 Å². The second-order valence-electron chi connectivity index (χ2n) is 4.54. The summed E-state index contributed by atoms with van der Waals surface area (Å²) in [4.78, 5) is 16.2. The van der Waals surface area contributed by atoms with Gasteiger partial charge in [-0.3, -0.25) is 9.20 Å². The van der Waals surface area contributed by atoms with Crippen LogP contribution in [0.3, 0.4) is 0 Å². The van der Waals surface area contributed by atoms with Crippen molar-refractivity contribution < 1.29 is 4.79 Å². The molecule has 0 saturated carbocycles. The lowest BCUT2D eigenvalue weighted by Gasteiger charge is -2.04. The maximum Gasteiger partial charge on any atom is 0.256 e. The van der Waals surface area contributed by atoms with E-state index in [-0.39, 0.29) is 22.8 Å². The lowest BCUT2D eigenvalue weighted by atomic mass is 10.2. The highest BCUT2D eigenvalue weighted by Gasteiger charge is 2.15.